The lowest BCUT2D eigenvalue weighted by Gasteiger charge is -1.90. The summed E-state index contributed by atoms with van der Waals surface area (Å²) in [4.78, 5) is 13.7. The number of carbonyl (C=O) groups is 1. The van der Waals surface area contributed by atoms with Crippen LogP contribution in [-0.2, 0) is 4.79 Å². The Hall–Kier alpha value is -1.08. The van der Waals surface area contributed by atoms with E-state index in [2.05, 4.69) is 10.9 Å². The number of aliphatic imine (C=N–C) groups is 1. The number of hydrogen-bond donors (Lipinski definition) is 1. The van der Waals surface area contributed by atoms with Crippen LogP contribution in [0.25, 0.3) is 0 Å². The van der Waals surface area contributed by atoms with Crippen LogP contribution in [0.15, 0.2) is 10.6 Å². The number of rotatable bonds is 3. The molecule has 0 amide bonds. The largest absolute Gasteiger partial charge is 0.481 e. The second kappa shape index (κ2) is 4.77. The lowest BCUT2D eigenvalue weighted by atomic mass is 10.2. The van der Waals surface area contributed by atoms with Crippen LogP contribution in [-0.4, -0.2) is 24.0 Å². The third kappa shape index (κ3) is 5.06. The van der Waals surface area contributed by atoms with Crippen molar-refractivity contribution in [3.8, 4) is 0 Å². The SMILES string of the molecule is CN=C=C(C)CCC(=O)O. The molecule has 0 aromatic carbocycles. The van der Waals surface area contributed by atoms with Gasteiger partial charge in [0.1, 0.15) is 0 Å². The Bertz CT molecular complexity index is 178. The van der Waals surface area contributed by atoms with E-state index in [-0.39, 0.29) is 6.42 Å². The molecule has 0 heterocycles. The molecular weight excluding hydrogens is 130 g/mol. The molecule has 0 saturated heterocycles. The van der Waals surface area contributed by atoms with Crippen molar-refractivity contribution in [2.75, 3.05) is 7.05 Å². The molecular formula is C7H11NO2. The van der Waals surface area contributed by atoms with Crippen LogP contribution in [0.5, 0.6) is 0 Å². The van der Waals surface area contributed by atoms with Gasteiger partial charge in [-0.3, -0.25) is 4.79 Å². The molecule has 0 saturated carbocycles. The lowest BCUT2D eigenvalue weighted by molar-refractivity contribution is -0.136. The Labute approximate surface area is 60.1 Å². The van der Waals surface area contributed by atoms with E-state index in [4.69, 9.17) is 5.11 Å². The van der Waals surface area contributed by atoms with Crippen LogP contribution in [0.1, 0.15) is 19.8 Å². The number of carboxylic acids is 1. The van der Waals surface area contributed by atoms with Gasteiger partial charge in [-0.05, 0) is 24.8 Å². The molecule has 0 aliphatic carbocycles. The van der Waals surface area contributed by atoms with Gasteiger partial charge in [0.2, 0.25) is 0 Å². The quantitative estimate of drug-likeness (QED) is 0.598. The van der Waals surface area contributed by atoms with Gasteiger partial charge < -0.3 is 5.11 Å². The zero-order valence-corrected chi connectivity index (χ0v) is 6.22. The molecule has 0 fully saturated rings. The van der Waals surface area contributed by atoms with Crippen molar-refractivity contribution >= 4 is 11.8 Å². The second-order valence-corrected chi connectivity index (χ2v) is 2.01. The topological polar surface area (TPSA) is 49.7 Å². The minimum absolute atomic E-state index is 0.161. The fourth-order valence-electron chi connectivity index (χ4n) is 0.541. The minimum Gasteiger partial charge on any atom is -0.481 e. The molecule has 56 valence electrons. The minimum atomic E-state index is -0.780. The molecule has 0 aliphatic heterocycles. The van der Waals surface area contributed by atoms with Crippen molar-refractivity contribution in [3.05, 3.63) is 5.57 Å². The maximum atomic E-state index is 10.0. The number of allylic oxidation sites excluding steroid dienone is 1. The molecule has 0 unspecified atom stereocenters. The van der Waals surface area contributed by atoms with E-state index in [1.807, 2.05) is 6.92 Å². The van der Waals surface area contributed by atoms with E-state index < -0.39 is 5.97 Å². The molecule has 3 nitrogen and oxygen atoms in total. The highest BCUT2D eigenvalue weighted by Crippen LogP contribution is 1.98. The number of aliphatic carboxylic acids is 1. The average molecular weight is 141 g/mol. The van der Waals surface area contributed by atoms with Gasteiger partial charge in [-0.25, -0.2) is 4.99 Å². The van der Waals surface area contributed by atoms with Gasteiger partial charge in [-0.1, -0.05) is 0 Å². The summed E-state index contributed by atoms with van der Waals surface area (Å²) in [7, 11) is 1.62. The highest BCUT2D eigenvalue weighted by molar-refractivity contribution is 5.68. The van der Waals surface area contributed by atoms with Crippen LogP contribution in [0, 0.1) is 0 Å². The molecule has 0 aromatic rings. The normalized spacial score (nSPS) is 8.20. The smallest absolute Gasteiger partial charge is 0.303 e. The predicted octanol–water partition coefficient (Wildman–Crippen LogP) is 1.10. The van der Waals surface area contributed by atoms with Crippen LogP contribution in [0.2, 0.25) is 0 Å². The molecule has 0 atom stereocenters. The van der Waals surface area contributed by atoms with Gasteiger partial charge in [0, 0.05) is 13.5 Å². The molecule has 0 radical (unpaired) electrons. The molecule has 10 heavy (non-hydrogen) atoms. The van der Waals surface area contributed by atoms with E-state index >= 15 is 0 Å². The van der Waals surface area contributed by atoms with Crippen molar-refractivity contribution in [1.82, 2.24) is 0 Å². The molecule has 0 aromatic heterocycles. The predicted molar refractivity (Wildman–Crippen MR) is 39.4 cm³/mol. The van der Waals surface area contributed by atoms with Crippen LogP contribution >= 0.6 is 0 Å². The maximum Gasteiger partial charge on any atom is 0.303 e. The van der Waals surface area contributed by atoms with E-state index in [1.54, 1.807) is 7.05 Å². The van der Waals surface area contributed by atoms with Gasteiger partial charge in [0.15, 0.2) is 0 Å². The van der Waals surface area contributed by atoms with Gasteiger partial charge in [-0.2, -0.15) is 0 Å². The van der Waals surface area contributed by atoms with Crippen molar-refractivity contribution < 1.29 is 9.90 Å². The first-order valence-corrected chi connectivity index (χ1v) is 3.06. The fourth-order valence-corrected chi connectivity index (χ4v) is 0.541. The fraction of sp³-hybridized carbons (Fsp3) is 0.571. The van der Waals surface area contributed by atoms with Crippen molar-refractivity contribution in [2.45, 2.75) is 19.8 Å². The molecule has 0 spiro atoms. The third-order valence-electron chi connectivity index (χ3n) is 1.02. The summed E-state index contributed by atoms with van der Waals surface area (Å²) in [5.74, 6) is 1.90. The Morgan fingerprint density at radius 3 is 2.60 bits per heavy atom. The van der Waals surface area contributed by atoms with Crippen LogP contribution in [0.3, 0.4) is 0 Å². The summed E-state index contributed by atoms with van der Waals surface area (Å²) >= 11 is 0. The summed E-state index contributed by atoms with van der Waals surface area (Å²) in [6, 6.07) is 0. The van der Waals surface area contributed by atoms with E-state index in [9.17, 15) is 4.79 Å². The zero-order valence-electron chi connectivity index (χ0n) is 6.22. The summed E-state index contributed by atoms with van der Waals surface area (Å²) in [6.45, 7) is 1.82. The first-order valence-electron chi connectivity index (χ1n) is 3.06. The van der Waals surface area contributed by atoms with E-state index in [0.717, 1.165) is 5.57 Å². The average Bonchev–Trinajstić information content (AvgIpc) is 1.85. The van der Waals surface area contributed by atoms with E-state index in [1.165, 1.54) is 0 Å². The Kier molecular flexibility index (Phi) is 4.25. The van der Waals surface area contributed by atoms with Gasteiger partial charge in [0.25, 0.3) is 0 Å². The number of hydrogen-bond acceptors (Lipinski definition) is 2. The standard InChI is InChI=1S/C7H11NO2/c1-6(5-8-2)3-4-7(9)10/h3-4H2,1-2H3,(H,9,10). The molecule has 0 bridgehead atoms. The molecule has 0 aliphatic rings. The molecule has 1 N–H and O–H groups in total. The zero-order chi connectivity index (χ0) is 7.98. The number of nitrogens with zero attached hydrogens (tertiary/aromatic N) is 1. The Morgan fingerprint density at radius 1 is 1.60 bits per heavy atom. The van der Waals surface area contributed by atoms with Crippen molar-refractivity contribution in [2.24, 2.45) is 4.99 Å². The Morgan fingerprint density at radius 2 is 2.20 bits per heavy atom. The highest BCUT2D eigenvalue weighted by Gasteiger charge is 1.95. The molecule has 3 heteroatoms. The third-order valence-corrected chi connectivity index (χ3v) is 1.02. The van der Waals surface area contributed by atoms with Crippen LogP contribution in [0.4, 0.5) is 0 Å². The first-order chi connectivity index (χ1) is 4.66. The maximum absolute atomic E-state index is 10.0. The summed E-state index contributed by atoms with van der Waals surface area (Å²) < 4.78 is 0. The lowest BCUT2D eigenvalue weighted by Crippen LogP contribution is -1.94. The summed E-state index contributed by atoms with van der Waals surface area (Å²) in [6.07, 6.45) is 0.695. The monoisotopic (exact) mass is 141 g/mol. The Balaban J connectivity index is 3.70. The molecule has 0 rings (SSSR count). The van der Waals surface area contributed by atoms with E-state index in [0.29, 0.717) is 6.42 Å². The van der Waals surface area contributed by atoms with Crippen molar-refractivity contribution in [3.63, 3.8) is 0 Å². The van der Waals surface area contributed by atoms with Crippen molar-refractivity contribution in [1.29, 1.82) is 0 Å². The van der Waals surface area contributed by atoms with Gasteiger partial charge >= 0.3 is 5.97 Å². The van der Waals surface area contributed by atoms with Gasteiger partial charge in [0.05, 0.1) is 0 Å². The summed E-state index contributed by atoms with van der Waals surface area (Å²) in [5.41, 5.74) is 0.880. The van der Waals surface area contributed by atoms with Gasteiger partial charge in [-0.15, -0.1) is 0 Å². The number of carboxylic acid groups (broad SMARTS) is 1. The first kappa shape index (κ1) is 8.92. The summed E-state index contributed by atoms with van der Waals surface area (Å²) in [5, 5.41) is 8.26. The second-order valence-electron chi connectivity index (χ2n) is 2.01. The van der Waals surface area contributed by atoms with Crippen LogP contribution < -0.4 is 0 Å². The highest BCUT2D eigenvalue weighted by atomic mass is 16.4.